The van der Waals surface area contributed by atoms with E-state index in [0.717, 1.165) is 24.0 Å². The summed E-state index contributed by atoms with van der Waals surface area (Å²) in [5.41, 5.74) is 1.79. The Labute approximate surface area is 201 Å². The molecule has 7 nitrogen and oxygen atoms in total. The van der Waals surface area contributed by atoms with Crippen LogP contribution >= 0.6 is 11.8 Å². The highest BCUT2D eigenvalue weighted by Gasteiger charge is 2.25. The van der Waals surface area contributed by atoms with Crippen LogP contribution in [-0.4, -0.2) is 46.1 Å². The van der Waals surface area contributed by atoms with E-state index in [1.54, 1.807) is 31.0 Å². The molecule has 9 heteroatoms. The van der Waals surface area contributed by atoms with E-state index in [-0.39, 0.29) is 17.3 Å². The number of thioether (sulfide) groups is 1. The molecule has 0 spiro atoms. The third kappa shape index (κ3) is 8.57. The lowest BCUT2D eigenvalue weighted by atomic mass is 10.2. The number of hydrogen-bond acceptors (Lipinski definition) is 6. The molecule has 0 saturated heterocycles. The molecular weight excluding hydrogens is 460 g/mol. The van der Waals surface area contributed by atoms with E-state index in [2.05, 4.69) is 17.0 Å². The van der Waals surface area contributed by atoms with Gasteiger partial charge in [0, 0.05) is 6.54 Å². The fourth-order valence-corrected chi connectivity index (χ4v) is 4.73. The van der Waals surface area contributed by atoms with Crippen LogP contribution in [0.15, 0.2) is 47.4 Å². The smallest absolute Gasteiger partial charge is 0.241 e. The van der Waals surface area contributed by atoms with Crippen molar-refractivity contribution in [2.24, 2.45) is 0 Å². The van der Waals surface area contributed by atoms with Crippen LogP contribution in [0.1, 0.15) is 37.3 Å². The van der Waals surface area contributed by atoms with Crippen molar-refractivity contribution in [2.75, 3.05) is 25.7 Å². The van der Waals surface area contributed by atoms with E-state index in [9.17, 15) is 13.2 Å². The maximum absolute atomic E-state index is 12.9. The molecule has 0 aliphatic carbocycles. The van der Waals surface area contributed by atoms with E-state index in [1.807, 2.05) is 31.4 Å². The number of rotatable bonds is 14. The second-order valence-corrected chi connectivity index (χ2v) is 10.4. The van der Waals surface area contributed by atoms with Gasteiger partial charge < -0.3 is 14.8 Å². The van der Waals surface area contributed by atoms with Crippen molar-refractivity contribution in [3.05, 3.63) is 53.6 Å². The van der Waals surface area contributed by atoms with E-state index in [4.69, 9.17) is 9.47 Å². The van der Waals surface area contributed by atoms with Gasteiger partial charge >= 0.3 is 0 Å². The topological polar surface area (TPSA) is 93.7 Å². The Kier molecular flexibility index (Phi) is 11.0. The van der Waals surface area contributed by atoms with Gasteiger partial charge in [-0.25, -0.2) is 8.42 Å². The van der Waals surface area contributed by atoms with Crippen molar-refractivity contribution in [3.8, 4) is 11.5 Å². The van der Waals surface area contributed by atoms with Gasteiger partial charge in [0.15, 0.2) is 11.5 Å². The number of amides is 1. The van der Waals surface area contributed by atoms with Crippen molar-refractivity contribution in [1.82, 2.24) is 10.0 Å². The molecule has 33 heavy (non-hydrogen) atoms. The minimum absolute atomic E-state index is 0.137. The average molecular weight is 495 g/mol. The lowest BCUT2D eigenvalue weighted by Gasteiger charge is -2.19. The van der Waals surface area contributed by atoms with Crippen LogP contribution < -0.4 is 19.5 Å². The second kappa shape index (κ2) is 13.5. The highest BCUT2D eigenvalue weighted by atomic mass is 32.2. The predicted octanol–water partition coefficient (Wildman–Crippen LogP) is 3.90. The number of hydrogen-bond donors (Lipinski definition) is 2. The van der Waals surface area contributed by atoms with Crippen LogP contribution in [0.25, 0.3) is 0 Å². The highest BCUT2D eigenvalue weighted by molar-refractivity contribution is 7.98. The standard InChI is InChI=1S/C24H34N2O5S2/c1-5-6-14-31-22-12-9-19(16-23(22)30-3)17-25-24(27)21(13-15-32-4)26-33(28,29)20-10-7-18(2)8-11-20/h7-12,16,21,26H,5-6,13-15,17H2,1-4H3,(H,25,27). The minimum atomic E-state index is -3.82. The van der Waals surface area contributed by atoms with E-state index < -0.39 is 16.1 Å². The van der Waals surface area contributed by atoms with Crippen molar-refractivity contribution in [2.45, 2.75) is 50.6 Å². The molecule has 1 atom stereocenters. The van der Waals surface area contributed by atoms with Crippen LogP contribution in [0.3, 0.4) is 0 Å². The van der Waals surface area contributed by atoms with Crippen LogP contribution in [0, 0.1) is 6.92 Å². The average Bonchev–Trinajstić information content (AvgIpc) is 2.81. The molecule has 2 rings (SSSR count). The van der Waals surface area contributed by atoms with Crippen molar-refractivity contribution >= 4 is 27.7 Å². The zero-order valence-corrected chi connectivity index (χ0v) is 21.4. The highest BCUT2D eigenvalue weighted by Crippen LogP contribution is 2.28. The molecule has 0 saturated carbocycles. The normalized spacial score (nSPS) is 12.2. The number of ether oxygens (including phenoxy) is 2. The molecule has 0 bridgehead atoms. The first kappa shape index (κ1) is 27.0. The molecule has 2 aromatic carbocycles. The van der Waals surface area contributed by atoms with Gasteiger partial charge in [0.25, 0.3) is 0 Å². The summed E-state index contributed by atoms with van der Waals surface area (Å²) in [6, 6.07) is 11.2. The van der Waals surface area contributed by atoms with Gasteiger partial charge in [0.2, 0.25) is 15.9 Å². The molecule has 0 aliphatic heterocycles. The number of unbranched alkanes of at least 4 members (excludes halogenated alkanes) is 1. The molecule has 0 aromatic heterocycles. The largest absolute Gasteiger partial charge is 0.493 e. The van der Waals surface area contributed by atoms with E-state index in [0.29, 0.717) is 30.3 Å². The predicted molar refractivity (Wildman–Crippen MR) is 134 cm³/mol. The summed E-state index contributed by atoms with van der Waals surface area (Å²) >= 11 is 1.55. The Morgan fingerprint density at radius 2 is 1.85 bits per heavy atom. The Bertz CT molecular complexity index is 994. The quantitative estimate of drug-likeness (QED) is 0.387. The van der Waals surface area contributed by atoms with Crippen LogP contribution in [0.5, 0.6) is 11.5 Å². The minimum Gasteiger partial charge on any atom is -0.493 e. The number of nitrogens with one attached hydrogen (secondary N) is 2. The Hall–Kier alpha value is -2.23. The first-order chi connectivity index (χ1) is 15.8. The third-order valence-electron chi connectivity index (χ3n) is 5.01. The Morgan fingerprint density at radius 1 is 1.12 bits per heavy atom. The number of carbonyl (C=O) groups is 1. The molecule has 2 aromatic rings. The van der Waals surface area contributed by atoms with Gasteiger partial charge in [0.1, 0.15) is 6.04 Å². The van der Waals surface area contributed by atoms with Crippen molar-refractivity contribution < 1.29 is 22.7 Å². The molecule has 2 N–H and O–H groups in total. The van der Waals surface area contributed by atoms with E-state index in [1.165, 1.54) is 12.1 Å². The number of carbonyl (C=O) groups excluding carboxylic acids is 1. The van der Waals surface area contributed by atoms with Crippen molar-refractivity contribution in [1.29, 1.82) is 0 Å². The summed E-state index contributed by atoms with van der Waals surface area (Å²) < 4.78 is 39.3. The Balaban J connectivity index is 2.06. The van der Waals surface area contributed by atoms with Gasteiger partial charge in [-0.15, -0.1) is 0 Å². The SMILES string of the molecule is CCCCOc1ccc(CNC(=O)C(CCSC)NS(=O)(=O)c2ccc(C)cc2)cc1OC. The fraction of sp³-hybridized carbons (Fsp3) is 0.458. The summed E-state index contributed by atoms with van der Waals surface area (Å²) in [4.78, 5) is 13.0. The molecule has 1 unspecified atom stereocenters. The second-order valence-electron chi connectivity index (χ2n) is 7.67. The number of benzene rings is 2. The third-order valence-corrected chi connectivity index (χ3v) is 7.14. The van der Waals surface area contributed by atoms with E-state index >= 15 is 0 Å². The van der Waals surface area contributed by atoms with Gasteiger partial charge in [-0.2, -0.15) is 16.5 Å². The summed E-state index contributed by atoms with van der Waals surface area (Å²) in [5, 5.41) is 2.84. The Morgan fingerprint density at radius 3 is 2.48 bits per heavy atom. The molecule has 0 aliphatic rings. The lowest BCUT2D eigenvalue weighted by Crippen LogP contribution is -2.46. The van der Waals surface area contributed by atoms with Crippen LogP contribution in [0.2, 0.25) is 0 Å². The monoisotopic (exact) mass is 494 g/mol. The molecule has 0 heterocycles. The molecule has 182 valence electrons. The summed E-state index contributed by atoms with van der Waals surface area (Å²) in [5.74, 6) is 1.52. The zero-order chi connectivity index (χ0) is 24.3. The molecule has 0 radical (unpaired) electrons. The van der Waals surface area contributed by atoms with Crippen molar-refractivity contribution in [3.63, 3.8) is 0 Å². The van der Waals surface area contributed by atoms with Gasteiger partial charge in [-0.1, -0.05) is 37.1 Å². The first-order valence-corrected chi connectivity index (χ1v) is 13.8. The molecule has 0 fully saturated rings. The number of methoxy groups -OCH3 is 1. The van der Waals surface area contributed by atoms with Gasteiger partial charge in [-0.05, 0) is 61.6 Å². The molecular formula is C24H34N2O5S2. The van der Waals surface area contributed by atoms with Gasteiger partial charge in [0.05, 0.1) is 18.6 Å². The maximum Gasteiger partial charge on any atom is 0.241 e. The summed E-state index contributed by atoms with van der Waals surface area (Å²) in [6.45, 7) is 4.84. The maximum atomic E-state index is 12.9. The zero-order valence-electron chi connectivity index (χ0n) is 19.7. The van der Waals surface area contributed by atoms with Crippen LogP contribution in [0.4, 0.5) is 0 Å². The lowest BCUT2D eigenvalue weighted by molar-refractivity contribution is -0.122. The fourth-order valence-electron chi connectivity index (χ4n) is 3.03. The summed E-state index contributed by atoms with van der Waals surface area (Å²) in [7, 11) is -2.25. The summed E-state index contributed by atoms with van der Waals surface area (Å²) in [6.07, 6.45) is 4.29. The van der Waals surface area contributed by atoms with Gasteiger partial charge in [-0.3, -0.25) is 4.79 Å². The number of aryl methyl sites for hydroxylation is 1. The number of sulfonamides is 1. The molecule has 1 amide bonds. The first-order valence-electron chi connectivity index (χ1n) is 11.0. The van der Waals surface area contributed by atoms with Crippen LogP contribution in [-0.2, 0) is 21.4 Å².